The van der Waals surface area contributed by atoms with Gasteiger partial charge in [0.2, 0.25) is 0 Å². The highest BCUT2D eigenvalue weighted by molar-refractivity contribution is 5.63. The van der Waals surface area contributed by atoms with E-state index in [1.54, 1.807) is 24.3 Å². The van der Waals surface area contributed by atoms with Crippen molar-refractivity contribution in [3.63, 3.8) is 0 Å². The Morgan fingerprint density at radius 1 is 0.521 bits per heavy atom. The van der Waals surface area contributed by atoms with E-state index >= 15 is 0 Å². The van der Waals surface area contributed by atoms with E-state index in [9.17, 15) is 20.2 Å². The van der Waals surface area contributed by atoms with Crippen LogP contribution >= 0.6 is 0 Å². The standard InChI is InChI=1S/2C14H12N3O2.2ClHO4/c2*1-15-13(10-16-9-3-2-4-14(15)16)11-5-7-12(8-6-11)17(18)19;2*2-1(3,4)5/h2*2-10H,1H3;2*(H,2,3,4,5)/q2*+1;;/p-2. The number of nitro groups is 2. The van der Waals surface area contributed by atoms with E-state index < -0.39 is 20.5 Å². The highest BCUT2D eigenvalue weighted by Crippen LogP contribution is 2.23. The molecule has 4 aromatic heterocycles. The predicted molar refractivity (Wildman–Crippen MR) is 141 cm³/mol. The minimum atomic E-state index is -4.94. The Kier molecular flexibility index (Phi) is 12.2. The van der Waals surface area contributed by atoms with E-state index in [1.165, 1.54) is 24.3 Å². The number of fused-ring (bicyclic) bond motifs is 2. The molecule has 4 heterocycles. The Labute approximate surface area is 274 Å². The van der Waals surface area contributed by atoms with E-state index in [4.69, 9.17) is 37.3 Å². The maximum Gasteiger partial charge on any atom is 0.286 e. The van der Waals surface area contributed by atoms with Crippen LogP contribution < -0.4 is 46.1 Å². The minimum absolute atomic E-state index is 0.107. The fraction of sp³-hybridized carbons (Fsp3) is 0.0714. The summed E-state index contributed by atoms with van der Waals surface area (Å²) in [6.07, 6.45) is 7.97. The molecule has 0 atom stereocenters. The molecule has 0 aliphatic heterocycles. The van der Waals surface area contributed by atoms with Crippen LogP contribution in [-0.2, 0) is 14.1 Å². The summed E-state index contributed by atoms with van der Waals surface area (Å²) in [5, 5.41) is 21.3. The molecule has 48 heavy (non-hydrogen) atoms. The zero-order valence-corrected chi connectivity index (χ0v) is 26.2. The summed E-state index contributed by atoms with van der Waals surface area (Å²) in [6, 6.07) is 25.1. The lowest BCUT2D eigenvalue weighted by atomic mass is 10.1. The SMILES string of the molecule is Cn1c(-c2ccc([N+](=O)[O-])cc2)c[n+]2ccccc12.Cn1c(-c2ccc([N+](=O)[O-])cc2)c[n+]2ccccc12.[O-][Cl+3]([O-])([O-])[O-].[O-][Cl+3]([O-])([O-])[O-]. The van der Waals surface area contributed by atoms with Gasteiger partial charge in [-0.1, -0.05) is 12.1 Å². The highest BCUT2D eigenvalue weighted by atomic mass is 35.7. The summed E-state index contributed by atoms with van der Waals surface area (Å²) in [5.41, 5.74) is 6.29. The number of non-ortho nitro benzene ring substituents is 2. The molecule has 0 radical (unpaired) electrons. The van der Waals surface area contributed by atoms with Gasteiger partial charge in [0, 0.05) is 47.5 Å². The van der Waals surface area contributed by atoms with Crippen LogP contribution in [0.3, 0.4) is 0 Å². The average molecular weight is 707 g/mol. The number of halogens is 2. The third-order valence-corrected chi connectivity index (χ3v) is 6.42. The summed E-state index contributed by atoms with van der Waals surface area (Å²) in [7, 11) is -5.93. The maximum atomic E-state index is 10.7. The van der Waals surface area contributed by atoms with Crippen LogP contribution in [0.5, 0.6) is 0 Å². The molecule has 0 saturated heterocycles. The van der Waals surface area contributed by atoms with Gasteiger partial charge in [-0.25, -0.2) is 55.2 Å². The summed E-state index contributed by atoms with van der Waals surface area (Å²) < 4.78 is 76.1. The van der Waals surface area contributed by atoms with Crippen molar-refractivity contribution in [1.82, 2.24) is 9.13 Å². The monoisotopic (exact) mass is 706 g/mol. The van der Waals surface area contributed by atoms with Crippen LogP contribution in [-0.4, -0.2) is 19.0 Å². The summed E-state index contributed by atoms with van der Waals surface area (Å²) in [6.45, 7) is 0. The molecule has 0 fully saturated rings. The highest BCUT2D eigenvalue weighted by Gasteiger charge is 2.17. The molecule has 0 amide bonds. The topological polar surface area (TPSA) is 289 Å². The molecular weight excluding hydrogens is 683 g/mol. The number of pyridine rings is 2. The fourth-order valence-electron chi connectivity index (χ4n) is 4.41. The van der Waals surface area contributed by atoms with Crippen LogP contribution in [0.4, 0.5) is 11.4 Å². The lowest BCUT2D eigenvalue weighted by Crippen LogP contribution is -2.68. The lowest BCUT2D eigenvalue weighted by Gasteiger charge is -2.17. The number of imidazole rings is 2. The summed E-state index contributed by atoms with van der Waals surface area (Å²) in [4.78, 5) is 20.5. The van der Waals surface area contributed by atoms with Crippen LogP contribution in [0.2, 0.25) is 0 Å². The smallest absolute Gasteiger partial charge is 0.258 e. The van der Waals surface area contributed by atoms with Crippen molar-refractivity contribution >= 4 is 22.7 Å². The number of aromatic nitrogens is 4. The van der Waals surface area contributed by atoms with Gasteiger partial charge in [0.25, 0.3) is 22.7 Å². The molecule has 0 N–H and O–H groups in total. The van der Waals surface area contributed by atoms with Crippen molar-refractivity contribution in [2.24, 2.45) is 14.1 Å². The van der Waals surface area contributed by atoms with Crippen LogP contribution in [0, 0.1) is 40.7 Å². The zero-order valence-electron chi connectivity index (χ0n) is 24.7. The van der Waals surface area contributed by atoms with Gasteiger partial charge in [-0.05, 0) is 36.4 Å². The molecule has 18 nitrogen and oxygen atoms in total. The Balaban J connectivity index is 0.000000204. The van der Waals surface area contributed by atoms with E-state index in [2.05, 4.69) is 9.13 Å². The first kappa shape index (κ1) is 37.3. The molecule has 6 aromatic rings. The molecule has 0 aliphatic rings. The first-order chi connectivity index (χ1) is 22.3. The quantitative estimate of drug-likeness (QED) is 0.0947. The van der Waals surface area contributed by atoms with Gasteiger partial charge in [-0.3, -0.25) is 20.2 Å². The molecule has 0 unspecified atom stereocenters. The van der Waals surface area contributed by atoms with E-state index in [1.807, 2.05) is 84.1 Å². The Morgan fingerprint density at radius 3 is 1.06 bits per heavy atom. The lowest BCUT2D eigenvalue weighted by molar-refractivity contribution is -2.00. The second-order valence-electron chi connectivity index (χ2n) is 9.44. The molecule has 20 heteroatoms. The predicted octanol–water partition coefficient (Wildman–Crippen LogP) is -4.83. The van der Waals surface area contributed by atoms with Crippen molar-refractivity contribution < 1.29 is 76.4 Å². The number of aryl methyl sites for hydroxylation is 2. The Hall–Kier alpha value is -5.12. The minimum Gasteiger partial charge on any atom is -0.258 e. The molecule has 0 spiro atoms. The van der Waals surface area contributed by atoms with Crippen molar-refractivity contribution in [2.75, 3.05) is 0 Å². The number of benzene rings is 2. The fourth-order valence-corrected chi connectivity index (χ4v) is 4.41. The number of rotatable bonds is 4. The normalized spacial score (nSPS) is 11.0. The average Bonchev–Trinajstić information content (AvgIpc) is 3.52. The van der Waals surface area contributed by atoms with Gasteiger partial charge in [-0.15, -0.1) is 20.5 Å². The Bertz CT molecular complexity index is 1850. The third-order valence-electron chi connectivity index (χ3n) is 6.42. The van der Waals surface area contributed by atoms with E-state index in [-0.39, 0.29) is 21.2 Å². The molecule has 2 aromatic carbocycles. The van der Waals surface area contributed by atoms with Gasteiger partial charge >= 0.3 is 0 Å². The number of hydrogen-bond donors (Lipinski definition) is 0. The van der Waals surface area contributed by atoms with Crippen molar-refractivity contribution in [3.05, 3.63) is 130 Å². The van der Waals surface area contributed by atoms with Crippen molar-refractivity contribution in [2.45, 2.75) is 0 Å². The number of nitro benzene ring substituents is 2. The molecule has 0 aliphatic carbocycles. The molecule has 252 valence electrons. The number of nitrogens with zero attached hydrogens (tertiary/aromatic N) is 6. The first-order valence-electron chi connectivity index (χ1n) is 13.0. The zero-order chi connectivity index (χ0) is 35.8. The van der Waals surface area contributed by atoms with Gasteiger partial charge in [-0.2, -0.15) is 0 Å². The van der Waals surface area contributed by atoms with Crippen LogP contribution in [0.15, 0.2) is 110 Å². The molecule has 0 saturated carbocycles. The van der Waals surface area contributed by atoms with Crippen LogP contribution in [0.1, 0.15) is 0 Å². The van der Waals surface area contributed by atoms with Crippen molar-refractivity contribution in [1.29, 1.82) is 0 Å². The van der Waals surface area contributed by atoms with Crippen LogP contribution in [0.25, 0.3) is 33.8 Å². The van der Waals surface area contributed by atoms with E-state index in [0.717, 1.165) is 33.8 Å². The van der Waals surface area contributed by atoms with Crippen molar-refractivity contribution in [3.8, 4) is 22.5 Å². The Morgan fingerprint density at radius 2 is 0.812 bits per heavy atom. The number of hydrogen-bond acceptors (Lipinski definition) is 12. The largest absolute Gasteiger partial charge is 0.286 e. The first-order valence-corrected chi connectivity index (χ1v) is 15.4. The molecular formula is C28H24Cl2N6O12. The van der Waals surface area contributed by atoms with E-state index in [0.29, 0.717) is 0 Å². The second kappa shape index (κ2) is 15.6. The third kappa shape index (κ3) is 11.0. The summed E-state index contributed by atoms with van der Waals surface area (Å²) in [5.74, 6) is 0. The van der Waals surface area contributed by atoms with Gasteiger partial charge in [0.1, 0.15) is 12.4 Å². The molecule has 6 rings (SSSR count). The van der Waals surface area contributed by atoms with Gasteiger partial charge < -0.3 is 0 Å². The van der Waals surface area contributed by atoms with Gasteiger partial charge in [0.05, 0.1) is 36.3 Å². The molecule has 0 bridgehead atoms. The maximum absolute atomic E-state index is 10.7. The second-order valence-corrected chi connectivity index (χ2v) is 11.0. The summed E-state index contributed by atoms with van der Waals surface area (Å²) >= 11 is 0. The van der Waals surface area contributed by atoms with Gasteiger partial charge in [0.15, 0.2) is 11.4 Å².